The van der Waals surface area contributed by atoms with Crippen molar-refractivity contribution in [1.82, 2.24) is 0 Å². The van der Waals surface area contributed by atoms with E-state index in [-0.39, 0.29) is 0 Å². The van der Waals surface area contributed by atoms with Crippen molar-refractivity contribution in [1.29, 1.82) is 0 Å². The van der Waals surface area contributed by atoms with Crippen LogP contribution in [0.5, 0.6) is 0 Å². The SMILES string of the molecule is O=C(S)CC(=O)C(=O)O. The van der Waals surface area contributed by atoms with Gasteiger partial charge in [0, 0.05) is 0 Å². The third-order valence-corrected chi connectivity index (χ3v) is 0.708. The molecule has 0 aromatic rings. The van der Waals surface area contributed by atoms with E-state index in [1.54, 1.807) is 0 Å². The van der Waals surface area contributed by atoms with E-state index in [4.69, 9.17) is 5.11 Å². The van der Waals surface area contributed by atoms with Crippen molar-refractivity contribution in [3.8, 4) is 0 Å². The molecule has 0 saturated heterocycles. The van der Waals surface area contributed by atoms with Gasteiger partial charge < -0.3 is 5.11 Å². The monoisotopic (exact) mass is 148 g/mol. The van der Waals surface area contributed by atoms with Gasteiger partial charge in [-0.15, -0.1) is 12.6 Å². The molecular weight excluding hydrogens is 144 g/mol. The van der Waals surface area contributed by atoms with Gasteiger partial charge in [0.25, 0.3) is 0 Å². The van der Waals surface area contributed by atoms with E-state index in [1.807, 2.05) is 0 Å². The molecule has 0 spiro atoms. The van der Waals surface area contributed by atoms with Crippen molar-refractivity contribution in [2.75, 3.05) is 0 Å². The van der Waals surface area contributed by atoms with Crippen LogP contribution in [-0.4, -0.2) is 22.0 Å². The molecule has 0 aliphatic heterocycles. The Morgan fingerprint density at radius 2 is 1.78 bits per heavy atom. The van der Waals surface area contributed by atoms with Gasteiger partial charge in [-0.25, -0.2) is 4.79 Å². The molecule has 0 unspecified atom stereocenters. The van der Waals surface area contributed by atoms with E-state index in [9.17, 15) is 14.4 Å². The Labute approximate surface area is 56.3 Å². The predicted molar refractivity (Wildman–Crippen MR) is 31.3 cm³/mol. The van der Waals surface area contributed by atoms with Crippen molar-refractivity contribution < 1.29 is 19.5 Å². The third-order valence-electron chi connectivity index (χ3n) is 0.550. The van der Waals surface area contributed by atoms with Crippen LogP contribution in [-0.2, 0) is 14.4 Å². The summed E-state index contributed by atoms with van der Waals surface area (Å²) in [5.74, 6) is -2.73. The first-order valence-electron chi connectivity index (χ1n) is 2.02. The number of rotatable bonds is 3. The molecule has 0 heterocycles. The van der Waals surface area contributed by atoms with Gasteiger partial charge in [0.2, 0.25) is 5.78 Å². The Hall–Kier alpha value is -0.840. The molecule has 0 aromatic heterocycles. The number of ketones is 1. The van der Waals surface area contributed by atoms with E-state index >= 15 is 0 Å². The first-order valence-corrected chi connectivity index (χ1v) is 2.46. The second kappa shape index (κ2) is 3.24. The Balaban J connectivity index is 3.79. The normalized spacial score (nSPS) is 8.56. The van der Waals surface area contributed by atoms with Gasteiger partial charge >= 0.3 is 5.97 Å². The van der Waals surface area contributed by atoms with Crippen LogP contribution in [0.2, 0.25) is 0 Å². The van der Waals surface area contributed by atoms with Crippen LogP contribution in [0.4, 0.5) is 0 Å². The lowest BCUT2D eigenvalue weighted by atomic mass is 10.3. The topological polar surface area (TPSA) is 71.4 Å². The summed E-state index contributed by atoms with van der Waals surface area (Å²) in [5, 5.41) is 7.16. The fraction of sp³-hybridized carbons (Fsp3) is 0.250. The zero-order valence-electron chi connectivity index (χ0n) is 4.33. The lowest BCUT2D eigenvalue weighted by Crippen LogP contribution is -2.14. The fourth-order valence-corrected chi connectivity index (χ4v) is 0.357. The van der Waals surface area contributed by atoms with Crippen molar-refractivity contribution in [2.24, 2.45) is 0 Å². The highest BCUT2D eigenvalue weighted by molar-refractivity contribution is 7.96. The average molecular weight is 148 g/mol. The number of carbonyl (C=O) groups excluding carboxylic acids is 2. The maximum Gasteiger partial charge on any atom is 0.372 e. The Bertz CT molecular complexity index is 162. The van der Waals surface area contributed by atoms with Crippen LogP contribution in [0.3, 0.4) is 0 Å². The van der Waals surface area contributed by atoms with Gasteiger partial charge in [-0.2, -0.15) is 0 Å². The van der Waals surface area contributed by atoms with Crippen molar-refractivity contribution in [3.05, 3.63) is 0 Å². The lowest BCUT2D eigenvalue weighted by Gasteiger charge is -1.85. The summed E-state index contributed by atoms with van der Waals surface area (Å²) in [4.78, 5) is 29.7. The summed E-state index contributed by atoms with van der Waals surface area (Å²) < 4.78 is 0. The first-order chi connectivity index (χ1) is 4.04. The molecule has 0 amide bonds. The molecule has 1 N–H and O–H groups in total. The van der Waals surface area contributed by atoms with Gasteiger partial charge in [-0.1, -0.05) is 0 Å². The van der Waals surface area contributed by atoms with E-state index in [2.05, 4.69) is 12.6 Å². The maximum atomic E-state index is 10.1. The van der Waals surface area contributed by atoms with Crippen LogP contribution in [0.1, 0.15) is 6.42 Å². The van der Waals surface area contributed by atoms with Crippen LogP contribution >= 0.6 is 12.6 Å². The number of hydrogen-bond donors (Lipinski definition) is 2. The molecule has 5 heteroatoms. The van der Waals surface area contributed by atoms with Crippen LogP contribution in [0.25, 0.3) is 0 Å². The minimum atomic E-state index is -1.60. The highest BCUT2D eigenvalue weighted by atomic mass is 32.1. The van der Waals surface area contributed by atoms with Crippen molar-refractivity contribution in [2.45, 2.75) is 6.42 Å². The summed E-state index contributed by atoms with van der Waals surface area (Å²) in [6.07, 6.45) is -0.640. The largest absolute Gasteiger partial charge is 0.475 e. The standard InChI is InChI=1S/C4H4O4S/c5-2(4(7)8)1-3(6)9/h1H2,(H,6,9)(H,7,8). The van der Waals surface area contributed by atoms with Crippen LogP contribution < -0.4 is 0 Å². The molecule has 0 aliphatic carbocycles. The molecule has 4 nitrogen and oxygen atoms in total. The molecule has 0 rings (SSSR count). The molecular formula is C4H4O4S. The summed E-state index contributed by atoms with van der Waals surface area (Å²) in [6, 6.07) is 0. The molecule has 0 radical (unpaired) electrons. The lowest BCUT2D eigenvalue weighted by molar-refractivity contribution is -0.149. The number of carboxylic acids is 1. The number of Topliss-reactive ketones (excluding diaryl/α,β-unsaturated/α-hetero) is 1. The highest BCUT2D eigenvalue weighted by Crippen LogP contribution is 1.88. The smallest absolute Gasteiger partial charge is 0.372 e. The minimum Gasteiger partial charge on any atom is -0.475 e. The predicted octanol–water partition coefficient (Wildman–Crippen LogP) is -0.513. The second-order valence-corrected chi connectivity index (χ2v) is 1.80. The van der Waals surface area contributed by atoms with Gasteiger partial charge in [0.1, 0.15) is 0 Å². The summed E-state index contributed by atoms with van der Waals surface area (Å²) in [5.41, 5.74) is 0. The number of carboxylic acid groups (broad SMARTS) is 1. The molecule has 50 valence electrons. The number of hydrogen-bond acceptors (Lipinski definition) is 3. The van der Waals surface area contributed by atoms with E-state index < -0.39 is 23.3 Å². The van der Waals surface area contributed by atoms with Crippen molar-refractivity contribution in [3.63, 3.8) is 0 Å². The summed E-state index contributed by atoms with van der Waals surface area (Å²) in [7, 11) is 0. The van der Waals surface area contributed by atoms with Crippen LogP contribution in [0.15, 0.2) is 0 Å². The van der Waals surface area contributed by atoms with E-state index in [0.29, 0.717) is 0 Å². The maximum absolute atomic E-state index is 10.1. The highest BCUT2D eigenvalue weighted by Gasteiger charge is 2.13. The summed E-state index contributed by atoms with van der Waals surface area (Å²) >= 11 is 3.21. The van der Waals surface area contributed by atoms with Gasteiger partial charge in [-0.3, -0.25) is 9.59 Å². The molecule has 0 aliphatic rings. The number of carbonyl (C=O) groups is 3. The Morgan fingerprint density at radius 1 is 1.33 bits per heavy atom. The Kier molecular flexibility index (Phi) is 2.94. The van der Waals surface area contributed by atoms with Gasteiger partial charge in [0.05, 0.1) is 6.42 Å². The molecule has 0 atom stereocenters. The average Bonchev–Trinajstić information content (AvgIpc) is 1.63. The van der Waals surface area contributed by atoms with Crippen molar-refractivity contribution >= 4 is 29.5 Å². The number of thiol groups is 1. The zero-order chi connectivity index (χ0) is 7.44. The second-order valence-electron chi connectivity index (χ2n) is 1.30. The van der Waals surface area contributed by atoms with Crippen LogP contribution in [0, 0.1) is 0 Å². The molecule has 9 heavy (non-hydrogen) atoms. The molecule has 0 aromatic carbocycles. The van der Waals surface area contributed by atoms with E-state index in [0.717, 1.165) is 0 Å². The van der Waals surface area contributed by atoms with E-state index in [1.165, 1.54) is 0 Å². The zero-order valence-corrected chi connectivity index (χ0v) is 5.22. The van der Waals surface area contributed by atoms with Gasteiger partial charge in [0.15, 0.2) is 5.12 Å². The number of aliphatic carboxylic acids is 1. The minimum absolute atomic E-state index is 0.640. The van der Waals surface area contributed by atoms with Gasteiger partial charge in [-0.05, 0) is 0 Å². The molecule has 0 saturated carbocycles. The third kappa shape index (κ3) is 3.72. The first kappa shape index (κ1) is 8.16. The summed E-state index contributed by atoms with van der Waals surface area (Å²) in [6.45, 7) is 0. The fourth-order valence-electron chi connectivity index (χ4n) is 0.213. The molecule has 0 bridgehead atoms. The molecule has 0 fully saturated rings. The Morgan fingerprint density at radius 3 is 1.89 bits per heavy atom. The quantitative estimate of drug-likeness (QED) is 0.321.